The fraction of sp³-hybridized carbons (Fsp3) is 0.900. The molecule has 70 valence electrons. The Balaban J connectivity index is 2.58. The molecule has 1 fully saturated rings. The predicted molar refractivity (Wildman–Crippen MR) is 47.8 cm³/mol. The van der Waals surface area contributed by atoms with Crippen molar-refractivity contribution in [2.75, 3.05) is 0 Å². The minimum Gasteiger partial charge on any atom is -0.382 e. The highest BCUT2D eigenvalue weighted by atomic mass is 16.3. The third-order valence-corrected chi connectivity index (χ3v) is 2.99. The lowest BCUT2D eigenvalue weighted by Gasteiger charge is -2.33. The van der Waals surface area contributed by atoms with Crippen LogP contribution in [0.5, 0.6) is 0 Å². The molecule has 0 aromatic carbocycles. The number of ketones is 1. The van der Waals surface area contributed by atoms with Crippen LogP contribution < -0.4 is 0 Å². The van der Waals surface area contributed by atoms with E-state index in [-0.39, 0.29) is 5.78 Å². The van der Waals surface area contributed by atoms with Crippen molar-refractivity contribution in [2.24, 2.45) is 11.8 Å². The van der Waals surface area contributed by atoms with E-state index in [0.717, 1.165) is 6.42 Å². The number of Topliss-reactive ketones (excluding diaryl/α,β-unsaturated/α-hetero) is 1. The van der Waals surface area contributed by atoms with Crippen LogP contribution in [0, 0.1) is 11.8 Å². The summed E-state index contributed by atoms with van der Waals surface area (Å²) in [6, 6.07) is 0. The number of hydrogen-bond acceptors (Lipinski definition) is 2. The van der Waals surface area contributed by atoms with Gasteiger partial charge in [0.15, 0.2) is 5.78 Å². The van der Waals surface area contributed by atoms with Gasteiger partial charge in [0, 0.05) is 6.42 Å². The molecule has 12 heavy (non-hydrogen) atoms. The van der Waals surface area contributed by atoms with Crippen LogP contribution in [0.15, 0.2) is 0 Å². The van der Waals surface area contributed by atoms with Gasteiger partial charge >= 0.3 is 0 Å². The summed E-state index contributed by atoms with van der Waals surface area (Å²) in [5.41, 5.74) is -1.04. The molecule has 1 N–H and O–H groups in total. The van der Waals surface area contributed by atoms with E-state index in [0.29, 0.717) is 24.7 Å². The van der Waals surface area contributed by atoms with Crippen LogP contribution >= 0.6 is 0 Å². The van der Waals surface area contributed by atoms with Crippen LogP contribution in [0.1, 0.15) is 40.0 Å². The van der Waals surface area contributed by atoms with Crippen molar-refractivity contribution in [2.45, 2.75) is 45.6 Å². The SMILES string of the molecule is CC(C)C1CCC(C)(O)C(=O)C1. The summed E-state index contributed by atoms with van der Waals surface area (Å²) in [7, 11) is 0. The van der Waals surface area contributed by atoms with Gasteiger partial charge in [-0.3, -0.25) is 4.79 Å². The van der Waals surface area contributed by atoms with E-state index in [1.807, 2.05) is 0 Å². The maximum atomic E-state index is 11.4. The van der Waals surface area contributed by atoms with E-state index in [1.165, 1.54) is 0 Å². The minimum atomic E-state index is -1.04. The number of carbonyl (C=O) groups is 1. The Hall–Kier alpha value is -0.370. The second-order valence-electron chi connectivity index (χ2n) is 4.44. The first-order valence-corrected chi connectivity index (χ1v) is 4.69. The third kappa shape index (κ3) is 1.86. The van der Waals surface area contributed by atoms with Gasteiger partial charge in [-0.25, -0.2) is 0 Å². The van der Waals surface area contributed by atoms with Crippen LogP contribution in [0.3, 0.4) is 0 Å². The Morgan fingerprint density at radius 3 is 2.58 bits per heavy atom. The van der Waals surface area contributed by atoms with Gasteiger partial charge in [-0.2, -0.15) is 0 Å². The second kappa shape index (κ2) is 3.17. The Kier molecular flexibility index (Phi) is 2.57. The van der Waals surface area contributed by atoms with E-state index < -0.39 is 5.60 Å². The molecule has 1 aliphatic carbocycles. The molecule has 2 unspecified atom stereocenters. The van der Waals surface area contributed by atoms with Gasteiger partial charge in [0.05, 0.1) is 0 Å². The molecule has 0 aromatic rings. The van der Waals surface area contributed by atoms with Gasteiger partial charge in [-0.1, -0.05) is 13.8 Å². The topological polar surface area (TPSA) is 37.3 Å². The van der Waals surface area contributed by atoms with Gasteiger partial charge in [0.2, 0.25) is 0 Å². The molecule has 1 rings (SSSR count). The van der Waals surface area contributed by atoms with E-state index in [9.17, 15) is 9.90 Å². The summed E-state index contributed by atoms with van der Waals surface area (Å²) < 4.78 is 0. The third-order valence-electron chi connectivity index (χ3n) is 2.99. The summed E-state index contributed by atoms with van der Waals surface area (Å²) in [5, 5.41) is 9.59. The van der Waals surface area contributed by atoms with Gasteiger partial charge in [0.1, 0.15) is 5.60 Å². The number of carbonyl (C=O) groups excluding carboxylic acids is 1. The Morgan fingerprint density at radius 1 is 1.58 bits per heavy atom. The largest absolute Gasteiger partial charge is 0.382 e. The number of hydrogen-bond donors (Lipinski definition) is 1. The predicted octanol–water partition coefficient (Wildman–Crippen LogP) is 1.76. The Labute approximate surface area is 74.0 Å². The monoisotopic (exact) mass is 170 g/mol. The van der Waals surface area contributed by atoms with Gasteiger partial charge in [0.25, 0.3) is 0 Å². The molecule has 0 aliphatic heterocycles. The molecule has 0 bridgehead atoms. The molecule has 0 radical (unpaired) electrons. The van der Waals surface area contributed by atoms with E-state index >= 15 is 0 Å². The van der Waals surface area contributed by atoms with Crippen LogP contribution in [0.2, 0.25) is 0 Å². The molecule has 1 saturated carbocycles. The maximum Gasteiger partial charge on any atom is 0.164 e. The zero-order chi connectivity index (χ0) is 9.35. The molecular weight excluding hydrogens is 152 g/mol. The quantitative estimate of drug-likeness (QED) is 0.651. The first-order valence-electron chi connectivity index (χ1n) is 4.69. The van der Waals surface area contributed by atoms with Crippen molar-refractivity contribution in [3.05, 3.63) is 0 Å². The second-order valence-corrected chi connectivity index (χ2v) is 4.44. The molecule has 2 nitrogen and oxygen atoms in total. The molecule has 2 heteroatoms. The number of aliphatic hydroxyl groups is 1. The highest BCUT2D eigenvalue weighted by Gasteiger charge is 2.37. The lowest BCUT2D eigenvalue weighted by Crippen LogP contribution is -2.41. The smallest absolute Gasteiger partial charge is 0.164 e. The van der Waals surface area contributed by atoms with E-state index in [2.05, 4.69) is 13.8 Å². The van der Waals surface area contributed by atoms with Crippen LogP contribution in [0.25, 0.3) is 0 Å². The van der Waals surface area contributed by atoms with Crippen LogP contribution in [-0.2, 0) is 4.79 Å². The fourth-order valence-electron chi connectivity index (χ4n) is 1.73. The molecule has 0 spiro atoms. The molecule has 0 aromatic heterocycles. The molecule has 0 saturated heterocycles. The highest BCUT2D eigenvalue weighted by molar-refractivity contribution is 5.87. The number of rotatable bonds is 1. The minimum absolute atomic E-state index is 0.0208. The van der Waals surface area contributed by atoms with Crippen molar-refractivity contribution in [1.82, 2.24) is 0 Å². The normalized spacial score (nSPS) is 37.4. The molecule has 1 aliphatic rings. The summed E-state index contributed by atoms with van der Waals surface area (Å²) in [6.07, 6.45) is 2.18. The Bertz CT molecular complexity index is 182. The average Bonchev–Trinajstić information content (AvgIpc) is 1.94. The summed E-state index contributed by atoms with van der Waals surface area (Å²) >= 11 is 0. The van der Waals surface area contributed by atoms with Crippen LogP contribution in [-0.4, -0.2) is 16.5 Å². The average molecular weight is 170 g/mol. The zero-order valence-electron chi connectivity index (χ0n) is 8.13. The molecule has 0 amide bonds. The molecular formula is C10H18O2. The van der Waals surface area contributed by atoms with Gasteiger partial charge in [-0.05, 0) is 31.6 Å². The van der Waals surface area contributed by atoms with Crippen molar-refractivity contribution >= 4 is 5.78 Å². The van der Waals surface area contributed by atoms with Gasteiger partial charge < -0.3 is 5.11 Å². The molecule has 0 heterocycles. The van der Waals surface area contributed by atoms with Crippen molar-refractivity contribution in [3.63, 3.8) is 0 Å². The Morgan fingerprint density at radius 2 is 2.17 bits per heavy atom. The molecule has 2 atom stereocenters. The maximum absolute atomic E-state index is 11.4. The fourth-order valence-corrected chi connectivity index (χ4v) is 1.73. The van der Waals surface area contributed by atoms with Crippen molar-refractivity contribution in [3.8, 4) is 0 Å². The lowest BCUT2D eigenvalue weighted by molar-refractivity contribution is -0.141. The first kappa shape index (κ1) is 9.72. The highest BCUT2D eigenvalue weighted by Crippen LogP contribution is 2.32. The van der Waals surface area contributed by atoms with Gasteiger partial charge in [-0.15, -0.1) is 0 Å². The van der Waals surface area contributed by atoms with Crippen molar-refractivity contribution < 1.29 is 9.90 Å². The van der Waals surface area contributed by atoms with E-state index in [4.69, 9.17) is 0 Å². The summed E-state index contributed by atoms with van der Waals surface area (Å²) in [6.45, 7) is 5.90. The summed E-state index contributed by atoms with van der Waals surface area (Å²) in [5.74, 6) is 1.07. The van der Waals surface area contributed by atoms with E-state index in [1.54, 1.807) is 6.92 Å². The van der Waals surface area contributed by atoms with Crippen LogP contribution in [0.4, 0.5) is 0 Å². The zero-order valence-corrected chi connectivity index (χ0v) is 8.13. The first-order chi connectivity index (χ1) is 5.43. The lowest BCUT2D eigenvalue weighted by atomic mass is 9.74. The summed E-state index contributed by atoms with van der Waals surface area (Å²) in [4.78, 5) is 11.4. The standard InChI is InChI=1S/C10H18O2/c1-7(2)8-4-5-10(3,12)9(11)6-8/h7-8,12H,4-6H2,1-3H3. The van der Waals surface area contributed by atoms with Crippen molar-refractivity contribution in [1.29, 1.82) is 0 Å².